The van der Waals surface area contributed by atoms with Gasteiger partial charge in [0.2, 0.25) is 0 Å². The topological polar surface area (TPSA) is 98.6 Å². The third kappa shape index (κ3) is 1.61. The van der Waals surface area contributed by atoms with Crippen LogP contribution in [0.4, 0.5) is 0 Å². The fourth-order valence-corrected chi connectivity index (χ4v) is 1.01. The van der Waals surface area contributed by atoms with Crippen molar-refractivity contribution in [2.45, 2.75) is 13.8 Å². The molecule has 1 aromatic rings. The molecule has 0 saturated carbocycles. The Hall–Kier alpha value is -2.16. The zero-order chi connectivity index (χ0) is 10.7. The molecule has 0 spiro atoms. The summed E-state index contributed by atoms with van der Waals surface area (Å²) in [5.41, 5.74) is 0.356. The Morgan fingerprint density at radius 2 is 2.21 bits per heavy atom. The molecule has 0 aliphatic carbocycles. The minimum Gasteiger partial charge on any atom is -0.268 e. The highest BCUT2D eigenvalue weighted by molar-refractivity contribution is 5.96. The summed E-state index contributed by atoms with van der Waals surface area (Å²) in [5.74, 6) is -0.711. The van der Waals surface area contributed by atoms with Gasteiger partial charge in [0.25, 0.3) is 11.5 Å². The van der Waals surface area contributed by atoms with E-state index in [1.165, 1.54) is 6.19 Å². The fourth-order valence-electron chi connectivity index (χ4n) is 1.01. The first-order valence-electron chi connectivity index (χ1n) is 3.83. The van der Waals surface area contributed by atoms with Crippen molar-refractivity contribution in [3.8, 4) is 6.19 Å². The predicted octanol–water partition coefficient (Wildman–Crippen LogP) is -0.402. The third-order valence-corrected chi connectivity index (χ3v) is 1.87. The van der Waals surface area contributed by atoms with Gasteiger partial charge in [-0.05, 0) is 19.4 Å². The number of carbonyl (C=O) groups is 1. The van der Waals surface area contributed by atoms with Gasteiger partial charge in [0, 0.05) is 0 Å². The summed E-state index contributed by atoms with van der Waals surface area (Å²) < 4.78 is 0. The molecule has 14 heavy (non-hydrogen) atoms. The van der Waals surface area contributed by atoms with Crippen LogP contribution in [0.25, 0.3) is 0 Å². The second-order valence-corrected chi connectivity index (χ2v) is 2.70. The summed E-state index contributed by atoms with van der Waals surface area (Å²) in [5, 5.41) is 16.0. The van der Waals surface area contributed by atoms with Gasteiger partial charge in [-0.15, -0.1) is 0 Å². The van der Waals surface area contributed by atoms with Crippen LogP contribution in [0.5, 0.6) is 0 Å². The van der Waals surface area contributed by atoms with E-state index in [9.17, 15) is 9.59 Å². The number of hydrogen-bond donors (Lipinski definition) is 2. The van der Waals surface area contributed by atoms with E-state index in [-0.39, 0.29) is 5.56 Å². The van der Waals surface area contributed by atoms with E-state index in [4.69, 9.17) is 5.26 Å². The number of aryl methyl sites for hydroxylation is 1. The van der Waals surface area contributed by atoms with E-state index in [1.807, 2.05) is 5.32 Å². The van der Waals surface area contributed by atoms with E-state index in [0.717, 1.165) is 0 Å². The highest BCUT2D eigenvalue weighted by Crippen LogP contribution is 2.03. The number of nitriles is 1. The minimum atomic E-state index is -0.711. The summed E-state index contributed by atoms with van der Waals surface area (Å²) in [6, 6.07) is 0. The summed E-state index contributed by atoms with van der Waals surface area (Å²) in [6.45, 7) is 3.26. The summed E-state index contributed by atoms with van der Waals surface area (Å²) >= 11 is 0. The van der Waals surface area contributed by atoms with Gasteiger partial charge in [0.1, 0.15) is 5.56 Å². The second kappa shape index (κ2) is 3.70. The number of nitrogens with zero attached hydrogens (tertiary/aromatic N) is 2. The molecule has 0 aromatic carbocycles. The van der Waals surface area contributed by atoms with Crippen LogP contribution in [-0.4, -0.2) is 16.1 Å². The first-order valence-corrected chi connectivity index (χ1v) is 3.83. The van der Waals surface area contributed by atoms with Crippen molar-refractivity contribution in [1.29, 1.82) is 5.26 Å². The second-order valence-electron chi connectivity index (χ2n) is 2.70. The molecule has 6 nitrogen and oxygen atoms in total. The van der Waals surface area contributed by atoms with Gasteiger partial charge in [-0.1, -0.05) is 0 Å². The normalized spacial score (nSPS) is 9.21. The largest absolute Gasteiger partial charge is 0.277 e. The van der Waals surface area contributed by atoms with Gasteiger partial charge in [-0.25, -0.2) is 5.10 Å². The summed E-state index contributed by atoms with van der Waals surface area (Å²) in [7, 11) is 0. The molecule has 0 radical (unpaired) electrons. The Kier molecular flexibility index (Phi) is 2.62. The lowest BCUT2D eigenvalue weighted by atomic mass is 10.1. The number of aromatic amines is 1. The minimum absolute atomic E-state index is 0.0703. The Bertz CT molecular complexity index is 469. The SMILES string of the molecule is Cc1n[nH]c(=O)c(C(=O)NC#N)c1C. The van der Waals surface area contributed by atoms with Gasteiger partial charge in [-0.3, -0.25) is 14.9 Å². The van der Waals surface area contributed by atoms with Gasteiger partial charge in [0.05, 0.1) is 5.69 Å². The lowest BCUT2D eigenvalue weighted by Gasteiger charge is -2.02. The quantitative estimate of drug-likeness (QED) is 0.467. The molecule has 0 aliphatic heterocycles. The molecule has 0 aliphatic rings. The van der Waals surface area contributed by atoms with Crippen LogP contribution in [0.3, 0.4) is 0 Å². The molecule has 1 heterocycles. The number of carbonyl (C=O) groups excluding carboxylic acids is 1. The average Bonchev–Trinajstić information content (AvgIpc) is 2.13. The third-order valence-electron chi connectivity index (χ3n) is 1.87. The fraction of sp³-hybridized carbons (Fsp3) is 0.250. The molecule has 0 fully saturated rings. The standard InChI is InChI=1S/C8H8N4O2/c1-4-5(2)11-12-8(14)6(4)7(13)10-3-9/h1-2H3,(H,10,13)(H,12,14). The van der Waals surface area contributed by atoms with Crippen molar-refractivity contribution in [1.82, 2.24) is 15.5 Å². The highest BCUT2D eigenvalue weighted by atomic mass is 16.2. The molecule has 1 rings (SSSR count). The molecule has 1 amide bonds. The number of amides is 1. The molecule has 0 unspecified atom stereocenters. The van der Waals surface area contributed by atoms with E-state index >= 15 is 0 Å². The van der Waals surface area contributed by atoms with Crippen LogP contribution in [0.1, 0.15) is 21.6 Å². The Morgan fingerprint density at radius 1 is 1.57 bits per heavy atom. The monoisotopic (exact) mass is 192 g/mol. The average molecular weight is 192 g/mol. The van der Waals surface area contributed by atoms with Crippen molar-refractivity contribution >= 4 is 5.91 Å². The van der Waals surface area contributed by atoms with Gasteiger partial charge in [0.15, 0.2) is 6.19 Å². The maximum Gasteiger partial charge on any atom is 0.277 e. The maximum absolute atomic E-state index is 11.3. The van der Waals surface area contributed by atoms with Crippen molar-refractivity contribution < 1.29 is 4.79 Å². The molecule has 6 heteroatoms. The Balaban J connectivity index is 3.34. The predicted molar refractivity (Wildman–Crippen MR) is 47.4 cm³/mol. The van der Waals surface area contributed by atoms with Crippen LogP contribution in [0, 0.1) is 25.3 Å². The zero-order valence-electron chi connectivity index (χ0n) is 7.71. The van der Waals surface area contributed by atoms with E-state index in [1.54, 1.807) is 13.8 Å². The number of H-pyrrole nitrogens is 1. The van der Waals surface area contributed by atoms with E-state index < -0.39 is 11.5 Å². The van der Waals surface area contributed by atoms with Crippen LogP contribution < -0.4 is 10.9 Å². The lowest BCUT2D eigenvalue weighted by Crippen LogP contribution is -2.29. The molecule has 2 N–H and O–H groups in total. The smallest absolute Gasteiger partial charge is 0.268 e. The number of nitrogens with one attached hydrogen (secondary N) is 2. The first-order chi connectivity index (χ1) is 6.57. The molecule has 72 valence electrons. The lowest BCUT2D eigenvalue weighted by molar-refractivity contribution is 0.0970. The highest BCUT2D eigenvalue weighted by Gasteiger charge is 2.15. The molecular formula is C8H8N4O2. The molecule has 1 aromatic heterocycles. The van der Waals surface area contributed by atoms with Gasteiger partial charge in [-0.2, -0.15) is 10.4 Å². The molecular weight excluding hydrogens is 184 g/mol. The van der Waals surface area contributed by atoms with E-state index in [0.29, 0.717) is 11.3 Å². The zero-order valence-corrected chi connectivity index (χ0v) is 7.71. The van der Waals surface area contributed by atoms with E-state index in [2.05, 4.69) is 10.2 Å². The molecule has 0 saturated heterocycles. The first kappa shape index (κ1) is 9.92. The van der Waals surface area contributed by atoms with Crippen LogP contribution in [0.15, 0.2) is 4.79 Å². The van der Waals surface area contributed by atoms with Gasteiger partial charge < -0.3 is 0 Å². The van der Waals surface area contributed by atoms with Crippen LogP contribution in [-0.2, 0) is 0 Å². The molecule has 0 bridgehead atoms. The van der Waals surface area contributed by atoms with Crippen LogP contribution >= 0.6 is 0 Å². The summed E-state index contributed by atoms with van der Waals surface area (Å²) in [4.78, 5) is 22.5. The number of rotatable bonds is 1. The van der Waals surface area contributed by atoms with Crippen molar-refractivity contribution in [3.63, 3.8) is 0 Å². The van der Waals surface area contributed by atoms with Gasteiger partial charge >= 0.3 is 0 Å². The number of aromatic nitrogens is 2. The van der Waals surface area contributed by atoms with Crippen molar-refractivity contribution in [2.24, 2.45) is 0 Å². The molecule has 0 atom stereocenters. The Morgan fingerprint density at radius 3 is 2.79 bits per heavy atom. The Labute approximate surface area is 79.6 Å². The summed E-state index contributed by atoms with van der Waals surface area (Å²) in [6.07, 6.45) is 1.47. The maximum atomic E-state index is 11.3. The van der Waals surface area contributed by atoms with Crippen molar-refractivity contribution in [2.75, 3.05) is 0 Å². The van der Waals surface area contributed by atoms with Crippen LogP contribution in [0.2, 0.25) is 0 Å². The van der Waals surface area contributed by atoms with Crippen molar-refractivity contribution in [3.05, 3.63) is 27.2 Å². The number of hydrogen-bond acceptors (Lipinski definition) is 4.